The molecule has 0 bridgehead atoms. The van der Waals surface area contributed by atoms with Crippen LogP contribution in [0.3, 0.4) is 0 Å². The van der Waals surface area contributed by atoms with Crippen LogP contribution in [0.1, 0.15) is 45.1 Å². The third-order valence-corrected chi connectivity index (χ3v) is 6.73. The fourth-order valence-corrected chi connectivity index (χ4v) is 4.44. The monoisotopic (exact) mass is 540 g/mol. The number of anilines is 2. The fourth-order valence-electron chi connectivity index (χ4n) is 4.44. The Morgan fingerprint density at radius 2 is 1.79 bits per heavy atom. The number of aromatic nitrogens is 5. The molecule has 1 aliphatic heterocycles. The summed E-state index contributed by atoms with van der Waals surface area (Å²) in [6, 6.07) is 4.57. The van der Waals surface area contributed by atoms with Gasteiger partial charge >= 0.3 is 12.0 Å². The van der Waals surface area contributed by atoms with E-state index >= 15 is 0 Å². The zero-order valence-electron chi connectivity index (χ0n) is 23.3. The zero-order valence-corrected chi connectivity index (χ0v) is 23.3. The molecule has 0 amide bonds. The van der Waals surface area contributed by atoms with E-state index in [1.807, 2.05) is 16.7 Å². The van der Waals surface area contributed by atoms with Gasteiger partial charge in [0.25, 0.3) is 6.01 Å². The van der Waals surface area contributed by atoms with E-state index in [1.54, 1.807) is 13.3 Å². The van der Waals surface area contributed by atoms with Crippen molar-refractivity contribution in [1.29, 1.82) is 0 Å². The van der Waals surface area contributed by atoms with Crippen LogP contribution < -0.4 is 20.1 Å². The van der Waals surface area contributed by atoms with Crippen molar-refractivity contribution in [3.63, 3.8) is 0 Å². The minimum atomic E-state index is -0.195. The average molecular weight is 541 g/mol. The largest absolute Gasteiger partial charge is 0.468 e. The Balaban J connectivity index is 1.34. The van der Waals surface area contributed by atoms with Crippen LogP contribution >= 0.6 is 0 Å². The minimum absolute atomic E-state index is 0.195. The van der Waals surface area contributed by atoms with Crippen molar-refractivity contribution in [3.05, 3.63) is 23.9 Å². The molecule has 3 aromatic rings. The van der Waals surface area contributed by atoms with Crippen molar-refractivity contribution < 1.29 is 19.0 Å². The number of esters is 1. The second kappa shape index (κ2) is 13.9. The van der Waals surface area contributed by atoms with E-state index in [4.69, 9.17) is 19.9 Å². The molecule has 212 valence electrons. The van der Waals surface area contributed by atoms with Gasteiger partial charge in [-0.15, -0.1) is 0 Å². The summed E-state index contributed by atoms with van der Waals surface area (Å²) in [5, 5.41) is 0. The van der Waals surface area contributed by atoms with E-state index in [9.17, 15) is 4.79 Å². The van der Waals surface area contributed by atoms with Crippen LogP contribution in [0.4, 0.5) is 11.6 Å². The lowest BCUT2D eigenvalue weighted by atomic mass is 10.2. The van der Waals surface area contributed by atoms with E-state index in [0.29, 0.717) is 36.9 Å². The number of ether oxygens (including phenoxy) is 3. The van der Waals surface area contributed by atoms with Crippen LogP contribution in [0.2, 0.25) is 0 Å². The number of nitrogen functional groups attached to an aromatic ring is 1. The van der Waals surface area contributed by atoms with Gasteiger partial charge in [-0.1, -0.05) is 26.7 Å². The number of nitrogens with zero attached hydrogens (tertiary/aromatic N) is 7. The van der Waals surface area contributed by atoms with Gasteiger partial charge in [0, 0.05) is 45.5 Å². The summed E-state index contributed by atoms with van der Waals surface area (Å²) in [7, 11) is 1.59. The van der Waals surface area contributed by atoms with Gasteiger partial charge in [0.15, 0.2) is 17.0 Å². The summed E-state index contributed by atoms with van der Waals surface area (Å²) in [6.45, 7) is 10.1. The predicted molar refractivity (Wildman–Crippen MR) is 149 cm³/mol. The number of unbranched alkanes of at least 4 members (excludes halogenated alkanes) is 2. The lowest BCUT2D eigenvalue weighted by Crippen LogP contribution is -2.47. The average Bonchev–Trinajstić information content (AvgIpc) is 3.31. The topological polar surface area (TPSA) is 134 Å². The molecule has 12 heteroatoms. The number of methoxy groups -OCH3 is 1. The second-order valence-corrected chi connectivity index (χ2v) is 9.62. The summed E-state index contributed by atoms with van der Waals surface area (Å²) < 4.78 is 18.5. The van der Waals surface area contributed by atoms with Gasteiger partial charge in [-0.2, -0.15) is 15.0 Å². The number of pyridine rings is 1. The maximum Gasteiger partial charge on any atom is 0.320 e. The fraction of sp³-hybridized carbons (Fsp3) is 0.593. The molecule has 4 rings (SSSR count). The van der Waals surface area contributed by atoms with Crippen molar-refractivity contribution in [1.82, 2.24) is 29.4 Å². The Morgan fingerprint density at radius 3 is 2.54 bits per heavy atom. The zero-order chi connectivity index (χ0) is 27.6. The first-order valence-electron chi connectivity index (χ1n) is 13.8. The number of nitrogens with two attached hydrogens (primary N) is 1. The molecule has 1 aliphatic rings. The molecule has 1 fully saturated rings. The molecule has 12 nitrogen and oxygen atoms in total. The quantitative estimate of drug-likeness (QED) is 0.239. The van der Waals surface area contributed by atoms with Crippen molar-refractivity contribution in [2.75, 3.05) is 63.7 Å². The van der Waals surface area contributed by atoms with Crippen LogP contribution in [0, 0.1) is 0 Å². The smallest absolute Gasteiger partial charge is 0.320 e. The summed E-state index contributed by atoms with van der Waals surface area (Å²) in [5.74, 6) is 0.971. The number of piperazine rings is 1. The maximum atomic E-state index is 12.1. The first-order chi connectivity index (χ1) is 19.0. The van der Waals surface area contributed by atoms with Crippen LogP contribution in [0.25, 0.3) is 11.2 Å². The Labute approximate surface area is 229 Å². The highest BCUT2D eigenvalue weighted by Gasteiger charge is 2.22. The Bertz CT molecular complexity index is 1230. The summed E-state index contributed by atoms with van der Waals surface area (Å²) in [5.41, 5.74) is 8.20. The highest BCUT2D eigenvalue weighted by atomic mass is 16.5. The van der Waals surface area contributed by atoms with Gasteiger partial charge in [0.2, 0.25) is 0 Å². The van der Waals surface area contributed by atoms with Gasteiger partial charge in [0.05, 0.1) is 26.7 Å². The van der Waals surface area contributed by atoms with E-state index in [2.05, 4.69) is 43.6 Å². The molecule has 2 N–H and O–H groups in total. The van der Waals surface area contributed by atoms with Crippen LogP contribution in [-0.2, 0) is 22.5 Å². The summed E-state index contributed by atoms with van der Waals surface area (Å²) in [4.78, 5) is 34.6. The first kappa shape index (κ1) is 28.3. The molecule has 4 heterocycles. The van der Waals surface area contributed by atoms with Crippen LogP contribution in [0.15, 0.2) is 18.3 Å². The lowest BCUT2D eigenvalue weighted by molar-refractivity contribution is -0.142. The molecule has 0 spiro atoms. The maximum absolute atomic E-state index is 12.1. The number of carbonyl (C=O) groups is 1. The molecular formula is C27H40N8O4. The molecular weight excluding hydrogens is 500 g/mol. The molecule has 0 unspecified atom stereocenters. The van der Waals surface area contributed by atoms with E-state index in [-0.39, 0.29) is 24.2 Å². The lowest BCUT2D eigenvalue weighted by Gasteiger charge is -2.35. The normalized spacial score (nSPS) is 14.1. The third kappa shape index (κ3) is 7.47. The van der Waals surface area contributed by atoms with Crippen LogP contribution in [0.5, 0.6) is 12.0 Å². The number of rotatable bonds is 14. The number of fused-ring (bicyclic) bond motifs is 1. The minimum Gasteiger partial charge on any atom is -0.468 e. The van der Waals surface area contributed by atoms with E-state index in [1.165, 1.54) is 0 Å². The molecule has 0 saturated carbocycles. The van der Waals surface area contributed by atoms with Crippen molar-refractivity contribution in [2.45, 2.75) is 52.5 Å². The van der Waals surface area contributed by atoms with Gasteiger partial charge in [0.1, 0.15) is 5.82 Å². The number of carbonyl (C=O) groups excluding carboxylic acids is 1. The molecule has 0 atom stereocenters. The number of hydrogen-bond acceptors (Lipinski definition) is 11. The van der Waals surface area contributed by atoms with E-state index < -0.39 is 0 Å². The SMILES string of the molecule is CCCCOC(=O)Cc1ccnc(N2CCN(CCn3c(OC)nc4c(N)nc(OCCCC)nc43)CC2)c1. The Hall–Kier alpha value is -3.67. The van der Waals surface area contributed by atoms with Gasteiger partial charge in [-0.05, 0) is 30.5 Å². The van der Waals surface area contributed by atoms with Crippen molar-refractivity contribution in [3.8, 4) is 12.0 Å². The highest BCUT2D eigenvalue weighted by Crippen LogP contribution is 2.25. The highest BCUT2D eigenvalue weighted by molar-refractivity contribution is 5.83. The van der Waals surface area contributed by atoms with Crippen molar-refractivity contribution >= 4 is 28.8 Å². The Kier molecular flexibility index (Phi) is 10.1. The molecule has 39 heavy (non-hydrogen) atoms. The standard InChI is InChI=1S/C27H40N8O4/c1-4-6-16-38-22(36)19-20-8-9-29-21(18-20)34-13-10-33(11-14-34)12-15-35-25-23(30-27(35)37-3)24(28)31-26(32-25)39-17-7-5-2/h8-9,18H,4-7,10-17,19H2,1-3H3,(H2,28,31,32). The van der Waals surface area contributed by atoms with Crippen LogP contribution in [-0.4, -0.2) is 88.4 Å². The third-order valence-electron chi connectivity index (χ3n) is 6.73. The van der Waals surface area contributed by atoms with Gasteiger partial charge < -0.3 is 24.8 Å². The van der Waals surface area contributed by atoms with Crippen molar-refractivity contribution in [2.24, 2.45) is 0 Å². The predicted octanol–water partition coefficient (Wildman–Crippen LogP) is 2.70. The Morgan fingerprint density at radius 1 is 1.03 bits per heavy atom. The molecule has 1 saturated heterocycles. The van der Waals surface area contributed by atoms with Gasteiger partial charge in [-0.25, -0.2) is 4.98 Å². The number of hydrogen-bond donors (Lipinski definition) is 1. The molecule has 3 aromatic heterocycles. The second-order valence-electron chi connectivity index (χ2n) is 9.62. The molecule has 0 aliphatic carbocycles. The molecule has 0 radical (unpaired) electrons. The van der Waals surface area contributed by atoms with Gasteiger partial charge in [-0.3, -0.25) is 14.3 Å². The summed E-state index contributed by atoms with van der Waals surface area (Å²) >= 11 is 0. The summed E-state index contributed by atoms with van der Waals surface area (Å²) in [6.07, 6.45) is 5.86. The molecule has 0 aromatic carbocycles. The number of imidazole rings is 1. The first-order valence-corrected chi connectivity index (χ1v) is 13.8. The van der Waals surface area contributed by atoms with E-state index in [0.717, 1.165) is 69.8 Å².